The molecule has 0 amide bonds. The highest BCUT2D eigenvalue weighted by atomic mass is 16.5. The van der Waals surface area contributed by atoms with E-state index in [1.165, 1.54) is 0 Å². The number of hydrogen-bond donors (Lipinski definition) is 0. The van der Waals surface area contributed by atoms with Crippen LogP contribution < -0.4 is 4.74 Å². The topological polar surface area (TPSA) is 76.0 Å². The molecule has 0 saturated carbocycles. The fourth-order valence-corrected chi connectivity index (χ4v) is 3.96. The van der Waals surface area contributed by atoms with Crippen LogP contribution in [0.1, 0.15) is 43.9 Å². The Morgan fingerprint density at radius 1 is 1.42 bits per heavy atom. The van der Waals surface area contributed by atoms with E-state index in [0.29, 0.717) is 24.6 Å². The van der Waals surface area contributed by atoms with Gasteiger partial charge in [0.25, 0.3) is 6.47 Å². The SMILES string of the molecule is CC(C)CC1CN2CCc3cc(OC=O)c(N=O)cc3C2CC1=O. The number of ether oxygens (including phenoxy) is 1. The Kier molecular flexibility index (Phi) is 4.76. The molecule has 0 aliphatic carbocycles. The van der Waals surface area contributed by atoms with Gasteiger partial charge in [-0.25, -0.2) is 0 Å². The zero-order valence-electron chi connectivity index (χ0n) is 14.0. The maximum Gasteiger partial charge on any atom is 0.298 e. The molecule has 2 unspecified atom stereocenters. The highest BCUT2D eigenvalue weighted by Crippen LogP contribution is 2.42. The summed E-state index contributed by atoms with van der Waals surface area (Å²) in [5, 5.41) is 2.97. The number of fused-ring (bicyclic) bond motifs is 3. The van der Waals surface area contributed by atoms with Gasteiger partial charge in [-0.3, -0.25) is 14.5 Å². The lowest BCUT2D eigenvalue weighted by molar-refractivity contribution is -0.129. The van der Waals surface area contributed by atoms with Gasteiger partial charge in [-0.1, -0.05) is 13.8 Å². The number of carbonyl (C=O) groups excluding carboxylic acids is 2. The molecule has 2 heterocycles. The third-order valence-corrected chi connectivity index (χ3v) is 5.02. The molecule has 0 N–H and O–H groups in total. The molecular formula is C18H22N2O4. The van der Waals surface area contributed by atoms with E-state index in [4.69, 9.17) is 4.74 Å². The number of nitrogens with zero attached hydrogens (tertiary/aromatic N) is 2. The normalized spacial score (nSPS) is 23.5. The molecule has 2 atom stereocenters. The van der Waals surface area contributed by atoms with Gasteiger partial charge in [-0.2, -0.15) is 0 Å². The van der Waals surface area contributed by atoms with Gasteiger partial charge in [0.2, 0.25) is 0 Å². The van der Waals surface area contributed by atoms with Crippen LogP contribution in [-0.2, 0) is 16.0 Å². The summed E-state index contributed by atoms with van der Waals surface area (Å²) >= 11 is 0. The van der Waals surface area contributed by atoms with Crippen LogP contribution in [0.15, 0.2) is 17.3 Å². The van der Waals surface area contributed by atoms with Gasteiger partial charge in [-0.15, -0.1) is 4.91 Å². The van der Waals surface area contributed by atoms with E-state index in [1.54, 1.807) is 12.1 Å². The number of carbonyl (C=O) groups is 2. The van der Waals surface area contributed by atoms with E-state index in [2.05, 4.69) is 23.9 Å². The summed E-state index contributed by atoms with van der Waals surface area (Å²) in [7, 11) is 0. The molecule has 6 nitrogen and oxygen atoms in total. The zero-order valence-corrected chi connectivity index (χ0v) is 14.0. The van der Waals surface area contributed by atoms with Crippen molar-refractivity contribution in [2.45, 2.75) is 39.2 Å². The Hall–Kier alpha value is -2.08. The Balaban J connectivity index is 1.90. The van der Waals surface area contributed by atoms with Crippen molar-refractivity contribution in [2.75, 3.05) is 13.1 Å². The molecule has 0 aromatic heterocycles. The van der Waals surface area contributed by atoms with Crippen LogP contribution in [0.25, 0.3) is 0 Å². The Bertz CT molecular complexity index is 671. The lowest BCUT2D eigenvalue weighted by atomic mass is 9.80. The van der Waals surface area contributed by atoms with Crippen LogP contribution in [0, 0.1) is 16.7 Å². The quantitative estimate of drug-likeness (QED) is 0.612. The van der Waals surface area contributed by atoms with Gasteiger partial charge in [0.05, 0.1) is 0 Å². The second-order valence-corrected chi connectivity index (χ2v) is 7.08. The Morgan fingerprint density at radius 3 is 2.88 bits per heavy atom. The van der Waals surface area contributed by atoms with Gasteiger partial charge < -0.3 is 4.74 Å². The molecule has 1 saturated heterocycles. The van der Waals surface area contributed by atoms with Gasteiger partial charge in [0.15, 0.2) is 11.4 Å². The van der Waals surface area contributed by atoms with Crippen molar-refractivity contribution >= 4 is 17.9 Å². The van der Waals surface area contributed by atoms with E-state index in [0.717, 1.165) is 37.1 Å². The van der Waals surface area contributed by atoms with Gasteiger partial charge in [0, 0.05) is 31.5 Å². The molecule has 1 aromatic rings. The largest absolute Gasteiger partial charge is 0.426 e. The van der Waals surface area contributed by atoms with Crippen molar-refractivity contribution in [3.63, 3.8) is 0 Å². The summed E-state index contributed by atoms with van der Waals surface area (Å²) < 4.78 is 4.86. The second kappa shape index (κ2) is 6.81. The predicted octanol–water partition coefficient (Wildman–Crippen LogP) is 3.15. The van der Waals surface area contributed by atoms with E-state index < -0.39 is 0 Å². The van der Waals surface area contributed by atoms with E-state index in [-0.39, 0.29) is 23.4 Å². The zero-order chi connectivity index (χ0) is 17.3. The lowest BCUT2D eigenvalue weighted by Gasteiger charge is -2.43. The number of benzene rings is 1. The number of hydrogen-bond acceptors (Lipinski definition) is 6. The van der Waals surface area contributed by atoms with Gasteiger partial charge >= 0.3 is 0 Å². The number of nitroso groups, excluding NO2 is 1. The summed E-state index contributed by atoms with van der Waals surface area (Å²) in [6, 6.07) is 3.38. The van der Waals surface area contributed by atoms with E-state index in [9.17, 15) is 14.5 Å². The van der Waals surface area contributed by atoms with Crippen molar-refractivity contribution in [3.8, 4) is 5.75 Å². The summed E-state index contributed by atoms with van der Waals surface area (Å²) in [5.74, 6) is 1.09. The molecule has 3 rings (SSSR count). The molecule has 0 radical (unpaired) electrons. The molecule has 1 aromatic carbocycles. The second-order valence-electron chi connectivity index (χ2n) is 7.08. The van der Waals surface area contributed by atoms with E-state index >= 15 is 0 Å². The first kappa shape index (κ1) is 16.8. The van der Waals surface area contributed by atoms with E-state index in [1.807, 2.05) is 0 Å². The molecule has 6 heteroatoms. The van der Waals surface area contributed by atoms with Crippen molar-refractivity contribution in [1.82, 2.24) is 4.90 Å². The van der Waals surface area contributed by atoms with Gasteiger partial charge in [0.1, 0.15) is 5.78 Å². The summed E-state index contributed by atoms with van der Waals surface area (Å²) in [6.07, 6.45) is 2.20. The molecule has 24 heavy (non-hydrogen) atoms. The monoisotopic (exact) mass is 330 g/mol. The third-order valence-electron chi connectivity index (χ3n) is 5.02. The minimum Gasteiger partial charge on any atom is -0.426 e. The average molecular weight is 330 g/mol. The minimum absolute atomic E-state index is 0.00422. The fourth-order valence-electron chi connectivity index (χ4n) is 3.96. The summed E-state index contributed by atoms with van der Waals surface area (Å²) in [4.78, 5) is 36.5. The lowest BCUT2D eigenvalue weighted by Crippen LogP contribution is -2.46. The highest BCUT2D eigenvalue weighted by Gasteiger charge is 2.38. The number of ketones is 1. The third kappa shape index (κ3) is 3.11. The van der Waals surface area contributed by atoms with Gasteiger partial charge in [-0.05, 0) is 47.2 Å². The van der Waals surface area contributed by atoms with Crippen LogP contribution in [0.3, 0.4) is 0 Å². The van der Waals surface area contributed by atoms with Crippen LogP contribution in [0.5, 0.6) is 5.75 Å². The standard InChI is InChI=1S/C18H22N2O4/c1-11(2)5-13-9-20-4-3-12-6-18(24-10-21)15(19-23)7-14(12)16(20)8-17(13)22/h6-7,10-11,13,16H,3-5,8-9H2,1-2H3. The first-order valence-corrected chi connectivity index (χ1v) is 8.40. The summed E-state index contributed by atoms with van der Waals surface area (Å²) in [6.45, 7) is 6.22. The Labute approximate surface area is 141 Å². The molecule has 0 bridgehead atoms. The summed E-state index contributed by atoms with van der Waals surface area (Å²) in [5.41, 5.74) is 2.10. The number of rotatable bonds is 5. The van der Waals surface area contributed by atoms with Crippen molar-refractivity contribution in [3.05, 3.63) is 28.2 Å². The van der Waals surface area contributed by atoms with Crippen molar-refractivity contribution in [1.29, 1.82) is 0 Å². The van der Waals surface area contributed by atoms with Crippen LogP contribution >= 0.6 is 0 Å². The first-order valence-electron chi connectivity index (χ1n) is 8.40. The van der Waals surface area contributed by atoms with Crippen molar-refractivity contribution < 1.29 is 14.3 Å². The highest BCUT2D eigenvalue weighted by molar-refractivity contribution is 5.83. The molecule has 2 aliphatic heterocycles. The van der Waals surface area contributed by atoms with Crippen molar-refractivity contribution in [2.24, 2.45) is 17.0 Å². The average Bonchev–Trinajstić information content (AvgIpc) is 2.55. The van der Waals surface area contributed by atoms with Crippen LogP contribution in [0.2, 0.25) is 0 Å². The van der Waals surface area contributed by atoms with Crippen LogP contribution in [0.4, 0.5) is 5.69 Å². The van der Waals surface area contributed by atoms with Crippen LogP contribution in [-0.4, -0.2) is 30.2 Å². The first-order chi connectivity index (χ1) is 11.5. The number of piperidine rings is 1. The molecule has 2 aliphatic rings. The smallest absolute Gasteiger partial charge is 0.298 e. The molecule has 1 fully saturated rings. The maximum atomic E-state index is 12.5. The minimum atomic E-state index is -0.00422. The Morgan fingerprint density at radius 2 is 2.21 bits per heavy atom. The molecule has 128 valence electrons. The molecular weight excluding hydrogens is 308 g/mol. The number of Topliss-reactive ketones (excluding diaryl/α,β-unsaturated/α-hetero) is 1. The predicted molar refractivity (Wildman–Crippen MR) is 89.2 cm³/mol. The maximum absolute atomic E-state index is 12.5. The molecule has 0 spiro atoms. The fraction of sp³-hybridized carbons (Fsp3) is 0.556.